The highest BCUT2D eigenvalue weighted by Gasteiger charge is 2.39. The first-order valence-electron chi connectivity index (χ1n) is 10.6. The van der Waals surface area contributed by atoms with Crippen molar-refractivity contribution < 1.29 is 29.0 Å². The van der Waals surface area contributed by atoms with E-state index in [0.29, 0.717) is 6.42 Å². The number of carbonyl (C=O) groups is 3. The molecule has 1 saturated heterocycles. The van der Waals surface area contributed by atoms with Gasteiger partial charge in [0, 0.05) is 12.5 Å². The Kier molecular flexibility index (Phi) is 5.88. The molecule has 8 nitrogen and oxygen atoms in total. The number of nitrogens with one attached hydrogen (secondary N) is 2. The number of amides is 2. The zero-order chi connectivity index (χ0) is 22.9. The van der Waals surface area contributed by atoms with Crippen molar-refractivity contribution in [1.29, 1.82) is 0 Å². The van der Waals surface area contributed by atoms with Gasteiger partial charge in [-0.15, -0.1) is 0 Å². The molecule has 0 unspecified atom stereocenters. The summed E-state index contributed by atoms with van der Waals surface area (Å²) >= 11 is 0. The maximum absolute atomic E-state index is 12.5. The minimum atomic E-state index is -1.45. The molecule has 0 spiro atoms. The third-order valence-corrected chi connectivity index (χ3v) is 5.97. The maximum Gasteiger partial charge on any atom is 0.407 e. The molecule has 1 aliphatic heterocycles. The van der Waals surface area contributed by atoms with Crippen LogP contribution in [0.3, 0.4) is 0 Å². The first-order valence-corrected chi connectivity index (χ1v) is 10.6. The number of alkyl carbamates (subject to hydrolysis) is 1. The Balaban J connectivity index is 1.38. The van der Waals surface area contributed by atoms with E-state index in [-0.39, 0.29) is 19.1 Å². The molecule has 3 N–H and O–H groups in total. The lowest BCUT2D eigenvalue weighted by atomic mass is 9.98. The second-order valence-corrected chi connectivity index (χ2v) is 8.58. The van der Waals surface area contributed by atoms with E-state index in [1.54, 1.807) is 0 Å². The molecule has 0 radical (unpaired) electrons. The molecule has 0 aromatic heterocycles. The number of aliphatic carboxylic acids is 1. The molecular formula is C24H26N2O6. The lowest BCUT2D eigenvalue weighted by molar-refractivity contribution is -0.148. The highest BCUT2D eigenvalue weighted by Crippen LogP contribution is 2.44. The fraction of sp³-hybridized carbons (Fsp3) is 0.375. The number of hydrogen-bond donors (Lipinski definition) is 3. The highest BCUT2D eigenvalue weighted by atomic mass is 16.6. The molecule has 1 fully saturated rings. The monoisotopic (exact) mass is 438 g/mol. The number of rotatable bonds is 6. The van der Waals surface area contributed by atoms with Crippen molar-refractivity contribution in [3.63, 3.8) is 0 Å². The molecule has 1 heterocycles. The Morgan fingerprint density at radius 1 is 1.06 bits per heavy atom. The number of hydrogen-bond acceptors (Lipinski definition) is 5. The summed E-state index contributed by atoms with van der Waals surface area (Å²) < 4.78 is 11.0. The van der Waals surface area contributed by atoms with Crippen LogP contribution in [-0.2, 0) is 19.1 Å². The normalized spacial score (nSPS) is 19.7. The van der Waals surface area contributed by atoms with Gasteiger partial charge in [0.2, 0.25) is 0 Å². The molecule has 2 amide bonds. The molecule has 2 aromatic carbocycles. The Bertz CT molecular complexity index is 1000. The number of carboxylic acid groups (broad SMARTS) is 1. The molecule has 2 atom stereocenters. The summed E-state index contributed by atoms with van der Waals surface area (Å²) in [5.74, 6) is -1.81. The molecule has 8 heteroatoms. The average Bonchev–Trinajstić information content (AvgIpc) is 3.34. The van der Waals surface area contributed by atoms with Crippen molar-refractivity contribution in [2.45, 2.75) is 43.9 Å². The van der Waals surface area contributed by atoms with Crippen LogP contribution in [0.2, 0.25) is 0 Å². The summed E-state index contributed by atoms with van der Waals surface area (Å²) in [7, 11) is 0. The Morgan fingerprint density at radius 2 is 1.66 bits per heavy atom. The summed E-state index contributed by atoms with van der Waals surface area (Å²) in [6, 6.07) is 15.5. The standard InChI is InChI=1S/C24H26N2O6/c1-24(2,22(28)29)26-21(27)20-19(11-12-31-20)25-23(30)32-13-18-16-9-5-3-7-14(16)15-8-4-6-10-17(15)18/h3-10,18-20H,11-13H2,1-2H3,(H,25,30)(H,26,27)(H,28,29)/t19-,20+/m1/s1. The second-order valence-electron chi connectivity index (χ2n) is 8.58. The highest BCUT2D eigenvalue weighted by molar-refractivity contribution is 5.89. The van der Waals surface area contributed by atoms with Gasteiger partial charge in [-0.1, -0.05) is 48.5 Å². The van der Waals surface area contributed by atoms with Crippen LogP contribution in [0.4, 0.5) is 4.79 Å². The van der Waals surface area contributed by atoms with E-state index in [1.807, 2.05) is 36.4 Å². The van der Waals surface area contributed by atoms with Crippen LogP contribution in [0.5, 0.6) is 0 Å². The second kappa shape index (κ2) is 8.63. The zero-order valence-corrected chi connectivity index (χ0v) is 18.0. The van der Waals surface area contributed by atoms with Crippen molar-refractivity contribution >= 4 is 18.0 Å². The topological polar surface area (TPSA) is 114 Å². The summed E-state index contributed by atoms with van der Waals surface area (Å²) in [6.45, 7) is 3.21. The van der Waals surface area contributed by atoms with Crippen molar-refractivity contribution in [3.05, 3.63) is 59.7 Å². The molecule has 0 saturated carbocycles. The molecule has 32 heavy (non-hydrogen) atoms. The van der Waals surface area contributed by atoms with Crippen LogP contribution < -0.4 is 10.6 Å². The van der Waals surface area contributed by atoms with Gasteiger partial charge in [0.1, 0.15) is 12.1 Å². The van der Waals surface area contributed by atoms with Gasteiger partial charge in [-0.2, -0.15) is 0 Å². The molecule has 168 valence electrons. The van der Waals surface area contributed by atoms with Gasteiger partial charge in [0.05, 0.1) is 6.04 Å². The predicted molar refractivity (Wildman–Crippen MR) is 116 cm³/mol. The quantitative estimate of drug-likeness (QED) is 0.639. The molecule has 2 aromatic rings. The van der Waals surface area contributed by atoms with Gasteiger partial charge >= 0.3 is 12.1 Å². The van der Waals surface area contributed by atoms with Crippen LogP contribution in [0, 0.1) is 0 Å². The van der Waals surface area contributed by atoms with E-state index in [1.165, 1.54) is 13.8 Å². The lowest BCUT2D eigenvalue weighted by Crippen LogP contribution is -2.56. The largest absolute Gasteiger partial charge is 0.480 e. The van der Waals surface area contributed by atoms with Gasteiger partial charge in [-0.05, 0) is 42.5 Å². The van der Waals surface area contributed by atoms with E-state index in [0.717, 1.165) is 22.3 Å². The minimum absolute atomic E-state index is 0.0663. The molecule has 1 aliphatic carbocycles. The fourth-order valence-corrected chi connectivity index (χ4v) is 4.22. The zero-order valence-electron chi connectivity index (χ0n) is 18.0. The first-order chi connectivity index (χ1) is 15.3. The third-order valence-electron chi connectivity index (χ3n) is 5.97. The van der Waals surface area contributed by atoms with Crippen LogP contribution >= 0.6 is 0 Å². The summed E-state index contributed by atoms with van der Waals surface area (Å²) in [4.78, 5) is 36.3. The van der Waals surface area contributed by atoms with Gasteiger partial charge in [-0.3, -0.25) is 4.79 Å². The van der Waals surface area contributed by atoms with Crippen molar-refractivity contribution in [2.24, 2.45) is 0 Å². The Labute approximate surface area is 185 Å². The van der Waals surface area contributed by atoms with E-state index < -0.39 is 35.7 Å². The number of fused-ring (bicyclic) bond motifs is 3. The predicted octanol–water partition coefficient (Wildman–Crippen LogP) is 2.66. The smallest absolute Gasteiger partial charge is 0.407 e. The minimum Gasteiger partial charge on any atom is -0.480 e. The molecular weight excluding hydrogens is 412 g/mol. The van der Waals surface area contributed by atoms with Crippen molar-refractivity contribution in [1.82, 2.24) is 10.6 Å². The van der Waals surface area contributed by atoms with Gasteiger partial charge in [0.25, 0.3) is 5.91 Å². The number of benzene rings is 2. The van der Waals surface area contributed by atoms with E-state index in [9.17, 15) is 19.5 Å². The van der Waals surface area contributed by atoms with Crippen LogP contribution in [0.15, 0.2) is 48.5 Å². The number of carbonyl (C=O) groups excluding carboxylic acids is 2. The van der Waals surface area contributed by atoms with Gasteiger partial charge in [-0.25, -0.2) is 9.59 Å². The first kappa shape index (κ1) is 21.8. The molecule has 0 bridgehead atoms. The van der Waals surface area contributed by atoms with E-state index in [2.05, 4.69) is 22.8 Å². The summed E-state index contributed by atoms with van der Waals surface area (Å²) in [6.07, 6.45) is -1.19. The van der Waals surface area contributed by atoms with Crippen LogP contribution in [-0.4, -0.2) is 54.0 Å². The van der Waals surface area contributed by atoms with Crippen LogP contribution in [0.25, 0.3) is 11.1 Å². The Morgan fingerprint density at radius 3 is 2.25 bits per heavy atom. The summed E-state index contributed by atoms with van der Waals surface area (Å²) in [5, 5.41) is 14.4. The average molecular weight is 438 g/mol. The van der Waals surface area contributed by atoms with E-state index >= 15 is 0 Å². The molecule has 4 rings (SSSR count). The molecule has 2 aliphatic rings. The fourth-order valence-electron chi connectivity index (χ4n) is 4.22. The van der Waals surface area contributed by atoms with Crippen LogP contribution in [0.1, 0.15) is 37.3 Å². The number of ether oxygens (including phenoxy) is 2. The number of carboxylic acids is 1. The SMILES string of the molecule is CC(C)(NC(=O)[C@H]1OCC[C@H]1NC(=O)OCC1c2ccccc2-c2ccccc21)C(=O)O. The van der Waals surface area contributed by atoms with Gasteiger partial charge < -0.3 is 25.2 Å². The third kappa shape index (κ3) is 4.18. The Hall–Kier alpha value is -3.39. The maximum atomic E-state index is 12.5. The van der Waals surface area contributed by atoms with Crippen molar-refractivity contribution in [3.8, 4) is 11.1 Å². The lowest BCUT2D eigenvalue weighted by Gasteiger charge is -2.25. The van der Waals surface area contributed by atoms with Crippen molar-refractivity contribution in [2.75, 3.05) is 13.2 Å². The van der Waals surface area contributed by atoms with E-state index in [4.69, 9.17) is 9.47 Å². The summed E-state index contributed by atoms with van der Waals surface area (Å²) in [5.41, 5.74) is 3.05. The van der Waals surface area contributed by atoms with Gasteiger partial charge in [0.15, 0.2) is 6.10 Å².